The van der Waals surface area contributed by atoms with E-state index >= 15 is 0 Å². The molecular formula is C11H10FNO3S. The van der Waals surface area contributed by atoms with Crippen LogP contribution in [0.5, 0.6) is 0 Å². The molecule has 1 amide bonds. The molecule has 0 aromatic heterocycles. The minimum absolute atomic E-state index is 0.0326. The van der Waals surface area contributed by atoms with E-state index in [1.54, 1.807) is 6.07 Å². The Kier molecular flexibility index (Phi) is 3.33. The fraction of sp³-hybridized carbons (Fsp3) is 0.273. The van der Waals surface area contributed by atoms with Gasteiger partial charge in [0, 0.05) is 5.75 Å². The minimum atomic E-state index is -1.12. The number of hydrogen-bond acceptors (Lipinski definition) is 3. The van der Waals surface area contributed by atoms with Crippen molar-refractivity contribution in [3.05, 3.63) is 30.1 Å². The summed E-state index contributed by atoms with van der Waals surface area (Å²) >= 11 is 1.25. The maximum Gasteiger partial charge on any atom is 0.327 e. The summed E-state index contributed by atoms with van der Waals surface area (Å²) in [5.74, 6) is -1.63. The molecule has 1 fully saturated rings. The van der Waals surface area contributed by atoms with E-state index in [4.69, 9.17) is 5.11 Å². The lowest BCUT2D eigenvalue weighted by Crippen LogP contribution is -2.51. The molecule has 1 unspecified atom stereocenters. The third-order valence-electron chi connectivity index (χ3n) is 2.48. The molecule has 0 spiro atoms. The average Bonchev–Trinajstić information content (AvgIpc) is 2.30. The Balaban J connectivity index is 2.42. The molecule has 4 nitrogen and oxygen atoms in total. The summed E-state index contributed by atoms with van der Waals surface area (Å²) < 4.78 is 13.6. The number of carbonyl (C=O) groups is 2. The number of hydrogen-bond donors (Lipinski definition) is 1. The van der Waals surface area contributed by atoms with Gasteiger partial charge < -0.3 is 5.11 Å². The second-order valence-corrected chi connectivity index (χ2v) is 4.61. The molecule has 6 heteroatoms. The molecule has 90 valence electrons. The third-order valence-corrected chi connectivity index (χ3v) is 3.48. The highest BCUT2D eigenvalue weighted by Crippen LogP contribution is 2.27. The van der Waals surface area contributed by atoms with E-state index in [-0.39, 0.29) is 23.1 Å². The van der Waals surface area contributed by atoms with Gasteiger partial charge in [0.2, 0.25) is 5.91 Å². The standard InChI is InChI=1S/C11H10FNO3S/c12-7-3-1-2-4-8(7)13-9(11(15)16)5-17-6-10(13)14/h1-4,9H,5-6H2,(H,15,16). The number of aliphatic carboxylic acids is 1. The first-order valence-corrected chi connectivity index (χ1v) is 6.14. The molecule has 17 heavy (non-hydrogen) atoms. The molecule has 1 atom stereocenters. The van der Waals surface area contributed by atoms with Gasteiger partial charge in [-0.25, -0.2) is 9.18 Å². The Labute approximate surface area is 101 Å². The van der Waals surface area contributed by atoms with Gasteiger partial charge in [0.15, 0.2) is 0 Å². The van der Waals surface area contributed by atoms with Gasteiger partial charge in [-0.05, 0) is 12.1 Å². The van der Waals surface area contributed by atoms with E-state index in [1.165, 1.54) is 30.0 Å². The second kappa shape index (κ2) is 4.75. The van der Waals surface area contributed by atoms with Gasteiger partial charge in [0.25, 0.3) is 0 Å². The number of carbonyl (C=O) groups excluding carboxylic acids is 1. The van der Waals surface area contributed by atoms with Crippen molar-refractivity contribution in [1.82, 2.24) is 0 Å². The summed E-state index contributed by atoms with van der Waals surface area (Å²) in [5, 5.41) is 9.05. The molecule has 2 rings (SSSR count). The van der Waals surface area contributed by atoms with Gasteiger partial charge in [-0.3, -0.25) is 9.69 Å². The summed E-state index contributed by atoms with van der Waals surface area (Å²) in [7, 11) is 0. The van der Waals surface area contributed by atoms with Crippen molar-refractivity contribution in [2.24, 2.45) is 0 Å². The summed E-state index contributed by atoms with van der Waals surface area (Å²) in [6, 6.07) is 4.70. The summed E-state index contributed by atoms with van der Waals surface area (Å²) in [6.07, 6.45) is 0. The van der Waals surface area contributed by atoms with E-state index in [2.05, 4.69) is 0 Å². The Morgan fingerprint density at radius 3 is 2.82 bits per heavy atom. The quantitative estimate of drug-likeness (QED) is 0.867. The molecule has 1 saturated heterocycles. The van der Waals surface area contributed by atoms with Crippen LogP contribution in [0, 0.1) is 5.82 Å². The van der Waals surface area contributed by atoms with Crippen molar-refractivity contribution in [1.29, 1.82) is 0 Å². The van der Waals surface area contributed by atoms with Crippen molar-refractivity contribution in [2.75, 3.05) is 16.4 Å². The zero-order valence-electron chi connectivity index (χ0n) is 8.80. The molecule has 1 aliphatic heterocycles. The fourth-order valence-corrected chi connectivity index (χ4v) is 2.65. The van der Waals surface area contributed by atoms with E-state index in [0.717, 1.165) is 4.90 Å². The minimum Gasteiger partial charge on any atom is -0.480 e. The van der Waals surface area contributed by atoms with Gasteiger partial charge >= 0.3 is 5.97 Å². The monoisotopic (exact) mass is 255 g/mol. The van der Waals surface area contributed by atoms with Crippen molar-refractivity contribution in [2.45, 2.75) is 6.04 Å². The summed E-state index contributed by atoms with van der Waals surface area (Å²) in [5.41, 5.74) is 0.0326. The van der Waals surface area contributed by atoms with Gasteiger partial charge in [0.1, 0.15) is 11.9 Å². The number of carboxylic acids is 1. The molecule has 0 aliphatic carbocycles. The number of halogens is 1. The lowest BCUT2D eigenvalue weighted by atomic mass is 10.2. The third kappa shape index (κ3) is 2.26. The highest BCUT2D eigenvalue weighted by Gasteiger charge is 2.35. The van der Waals surface area contributed by atoms with Crippen LogP contribution in [-0.4, -0.2) is 34.5 Å². The molecule has 1 aliphatic rings. The number of anilines is 1. The zero-order chi connectivity index (χ0) is 12.4. The first-order chi connectivity index (χ1) is 8.11. The number of benzene rings is 1. The largest absolute Gasteiger partial charge is 0.480 e. The van der Waals surface area contributed by atoms with Crippen LogP contribution in [0.15, 0.2) is 24.3 Å². The average molecular weight is 255 g/mol. The van der Waals surface area contributed by atoms with Crippen molar-refractivity contribution >= 4 is 29.3 Å². The van der Waals surface area contributed by atoms with Crippen LogP contribution in [0.25, 0.3) is 0 Å². The maximum atomic E-state index is 13.6. The Bertz CT molecular complexity index is 466. The Morgan fingerprint density at radius 2 is 2.18 bits per heavy atom. The molecular weight excluding hydrogens is 245 g/mol. The van der Waals surface area contributed by atoms with Crippen molar-refractivity contribution in [3.8, 4) is 0 Å². The number of nitrogens with zero attached hydrogens (tertiary/aromatic N) is 1. The first kappa shape index (κ1) is 11.9. The van der Waals surface area contributed by atoms with Crippen molar-refractivity contribution in [3.63, 3.8) is 0 Å². The molecule has 1 aromatic carbocycles. The maximum absolute atomic E-state index is 13.6. The molecule has 0 saturated carbocycles. The predicted molar refractivity (Wildman–Crippen MR) is 62.6 cm³/mol. The summed E-state index contributed by atoms with van der Waals surface area (Å²) in [4.78, 5) is 23.8. The van der Waals surface area contributed by atoms with Crippen LogP contribution in [0.3, 0.4) is 0 Å². The van der Waals surface area contributed by atoms with Crippen LogP contribution in [-0.2, 0) is 9.59 Å². The lowest BCUT2D eigenvalue weighted by molar-refractivity contribution is -0.139. The molecule has 0 radical (unpaired) electrons. The Hall–Kier alpha value is -1.56. The lowest BCUT2D eigenvalue weighted by Gasteiger charge is -2.32. The van der Waals surface area contributed by atoms with Gasteiger partial charge in [0.05, 0.1) is 11.4 Å². The van der Waals surface area contributed by atoms with Crippen LogP contribution in [0.1, 0.15) is 0 Å². The molecule has 1 N–H and O–H groups in total. The summed E-state index contributed by atoms with van der Waals surface area (Å²) in [6.45, 7) is 0. The molecule has 1 heterocycles. The fourth-order valence-electron chi connectivity index (χ4n) is 1.71. The zero-order valence-corrected chi connectivity index (χ0v) is 9.61. The topological polar surface area (TPSA) is 57.6 Å². The number of rotatable bonds is 2. The Morgan fingerprint density at radius 1 is 1.47 bits per heavy atom. The van der Waals surface area contributed by atoms with E-state index in [1.807, 2.05) is 0 Å². The highest BCUT2D eigenvalue weighted by atomic mass is 32.2. The molecule has 0 bridgehead atoms. The predicted octanol–water partition coefficient (Wildman–Crippen LogP) is 1.36. The SMILES string of the molecule is O=C(O)C1CSCC(=O)N1c1ccccc1F. The molecule has 1 aromatic rings. The number of thioether (sulfide) groups is 1. The van der Waals surface area contributed by atoms with Crippen LogP contribution in [0.4, 0.5) is 10.1 Å². The van der Waals surface area contributed by atoms with Crippen LogP contribution < -0.4 is 4.90 Å². The van der Waals surface area contributed by atoms with Gasteiger partial charge in [-0.2, -0.15) is 0 Å². The number of carboxylic acid groups (broad SMARTS) is 1. The van der Waals surface area contributed by atoms with Crippen LogP contribution in [0.2, 0.25) is 0 Å². The highest BCUT2D eigenvalue weighted by molar-refractivity contribution is 8.00. The van der Waals surface area contributed by atoms with Gasteiger partial charge in [-0.15, -0.1) is 11.8 Å². The van der Waals surface area contributed by atoms with E-state index < -0.39 is 17.8 Å². The number of para-hydroxylation sites is 1. The van der Waals surface area contributed by atoms with Gasteiger partial charge in [-0.1, -0.05) is 12.1 Å². The van der Waals surface area contributed by atoms with E-state index in [0.29, 0.717) is 0 Å². The van der Waals surface area contributed by atoms with Crippen LogP contribution >= 0.6 is 11.8 Å². The number of amides is 1. The normalized spacial score (nSPS) is 20.4. The van der Waals surface area contributed by atoms with E-state index in [9.17, 15) is 14.0 Å². The second-order valence-electron chi connectivity index (χ2n) is 3.58. The van der Waals surface area contributed by atoms with Crippen molar-refractivity contribution < 1.29 is 19.1 Å². The first-order valence-electron chi connectivity index (χ1n) is 4.98. The smallest absolute Gasteiger partial charge is 0.327 e.